The van der Waals surface area contributed by atoms with Crippen LogP contribution < -0.4 is 10.6 Å². The Hall–Kier alpha value is -2.90. The van der Waals surface area contributed by atoms with E-state index in [9.17, 15) is 19.7 Å². The lowest BCUT2D eigenvalue weighted by molar-refractivity contribution is -0.384. The van der Waals surface area contributed by atoms with Crippen molar-refractivity contribution in [1.29, 1.82) is 0 Å². The summed E-state index contributed by atoms with van der Waals surface area (Å²) in [5, 5.41) is 16.2. The molecule has 0 fully saturated rings. The van der Waals surface area contributed by atoms with E-state index in [0.29, 0.717) is 11.3 Å². The minimum Gasteiger partial charge on any atom is -0.461 e. The number of esters is 1. The van der Waals surface area contributed by atoms with Crippen molar-refractivity contribution in [2.45, 2.75) is 19.9 Å². The van der Waals surface area contributed by atoms with Crippen LogP contribution in [0.5, 0.6) is 0 Å². The Morgan fingerprint density at radius 3 is 2.82 bits per heavy atom. The molecule has 0 aromatic heterocycles. The van der Waals surface area contributed by atoms with E-state index in [1.54, 1.807) is 19.9 Å². The number of nitro groups is 1. The number of nitrogens with zero attached hydrogens (tertiary/aromatic N) is 1. The maximum Gasteiger partial charge on any atom is 0.356 e. The van der Waals surface area contributed by atoms with Crippen LogP contribution in [-0.4, -0.2) is 23.4 Å². The summed E-state index contributed by atoms with van der Waals surface area (Å²) >= 11 is 0. The Balaban J connectivity index is 2.33. The van der Waals surface area contributed by atoms with Gasteiger partial charge in [-0.15, -0.1) is 0 Å². The molecule has 0 radical (unpaired) electrons. The fourth-order valence-electron chi connectivity index (χ4n) is 2.11. The summed E-state index contributed by atoms with van der Waals surface area (Å²) in [4.78, 5) is 34.2. The van der Waals surface area contributed by atoms with Gasteiger partial charge < -0.3 is 15.4 Å². The van der Waals surface area contributed by atoms with E-state index in [1.165, 1.54) is 18.2 Å². The first-order chi connectivity index (χ1) is 10.4. The zero-order chi connectivity index (χ0) is 16.3. The van der Waals surface area contributed by atoms with Gasteiger partial charge in [-0.2, -0.15) is 0 Å². The topological polar surface area (TPSA) is 111 Å². The normalized spacial score (nSPS) is 17.5. The third-order valence-corrected chi connectivity index (χ3v) is 3.13. The predicted molar refractivity (Wildman–Crippen MR) is 76.4 cm³/mol. The summed E-state index contributed by atoms with van der Waals surface area (Å²) < 4.78 is 4.91. The van der Waals surface area contributed by atoms with E-state index in [2.05, 4.69) is 10.6 Å². The number of nitro benzene ring substituents is 1. The van der Waals surface area contributed by atoms with Crippen molar-refractivity contribution in [1.82, 2.24) is 10.6 Å². The highest BCUT2D eigenvalue weighted by Crippen LogP contribution is 2.23. The van der Waals surface area contributed by atoms with Gasteiger partial charge in [-0.25, -0.2) is 4.79 Å². The second-order valence-electron chi connectivity index (χ2n) is 4.64. The van der Waals surface area contributed by atoms with Crippen LogP contribution in [0.25, 0.3) is 0 Å². The summed E-state index contributed by atoms with van der Waals surface area (Å²) in [6.07, 6.45) is 0. The van der Waals surface area contributed by atoms with Crippen LogP contribution in [0.15, 0.2) is 35.7 Å². The highest BCUT2D eigenvalue weighted by atomic mass is 16.6. The van der Waals surface area contributed by atoms with Crippen LogP contribution in [0.1, 0.15) is 25.5 Å². The number of hydrogen-bond acceptors (Lipinski definition) is 6. The predicted octanol–water partition coefficient (Wildman–Crippen LogP) is 1.15. The Labute approximate surface area is 126 Å². The molecule has 0 saturated heterocycles. The molecule has 8 heteroatoms. The first-order valence-corrected chi connectivity index (χ1v) is 6.63. The quantitative estimate of drug-likeness (QED) is 0.490. The Morgan fingerprint density at radius 1 is 1.45 bits per heavy atom. The van der Waals surface area contributed by atoms with Crippen molar-refractivity contribution in [3.63, 3.8) is 0 Å². The van der Waals surface area contributed by atoms with Gasteiger partial charge in [-0.1, -0.05) is 12.1 Å². The lowest BCUT2D eigenvalue weighted by atomic mass is 10.0. The minimum atomic E-state index is -0.900. The fourth-order valence-corrected chi connectivity index (χ4v) is 2.11. The van der Waals surface area contributed by atoms with Gasteiger partial charge in [0.15, 0.2) is 0 Å². The molecule has 1 aromatic carbocycles. The van der Waals surface area contributed by atoms with Gasteiger partial charge in [0.1, 0.15) is 11.7 Å². The molecule has 8 nitrogen and oxygen atoms in total. The largest absolute Gasteiger partial charge is 0.461 e. The number of ether oxygens (including phenoxy) is 1. The van der Waals surface area contributed by atoms with Gasteiger partial charge in [0, 0.05) is 17.8 Å². The summed E-state index contributed by atoms with van der Waals surface area (Å²) in [5.74, 6) is -0.985. The Morgan fingerprint density at radius 2 is 2.18 bits per heavy atom. The van der Waals surface area contributed by atoms with Crippen molar-refractivity contribution < 1.29 is 19.2 Å². The van der Waals surface area contributed by atoms with E-state index in [0.717, 1.165) is 0 Å². The summed E-state index contributed by atoms with van der Waals surface area (Å²) in [5.41, 5.74) is 0.750. The summed E-state index contributed by atoms with van der Waals surface area (Å²) in [6, 6.07) is 4.78. The molecule has 1 aromatic rings. The third-order valence-electron chi connectivity index (χ3n) is 3.13. The molecule has 1 amide bonds. The van der Waals surface area contributed by atoms with Crippen molar-refractivity contribution in [2.24, 2.45) is 0 Å². The van der Waals surface area contributed by atoms with Crippen LogP contribution in [0.3, 0.4) is 0 Å². The maximum atomic E-state index is 12.1. The van der Waals surface area contributed by atoms with E-state index in [-0.39, 0.29) is 18.0 Å². The number of non-ortho nitro benzene ring substituents is 1. The molecule has 2 rings (SSSR count). The third kappa shape index (κ3) is 3.05. The number of benzene rings is 1. The lowest BCUT2D eigenvalue weighted by Gasteiger charge is -2.27. The van der Waals surface area contributed by atoms with Crippen LogP contribution in [0.2, 0.25) is 0 Å². The molecule has 0 aliphatic carbocycles. The molecule has 0 saturated carbocycles. The molecule has 1 aliphatic heterocycles. The van der Waals surface area contributed by atoms with Gasteiger partial charge >= 0.3 is 5.97 Å². The molecule has 116 valence electrons. The van der Waals surface area contributed by atoms with Crippen molar-refractivity contribution >= 4 is 17.6 Å². The van der Waals surface area contributed by atoms with Gasteiger partial charge in [0.05, 0.1) is 11.5 Å². The molecular formula is C14H15N3O5. The Kier molecular flexibility index (Phi) is 4.40. The zero-order valence-electron chi connectivity index (χ0n) is 12.1. The van der Waals surface area contributed by atoms with E-state index in [1.807, 2.05) is 0 Å². The van der Waals surface area contributed by atoms with Gasteiger partial charge in [-0.05, 0) is 19.4 Å². The van der Waals surface area contributed by atoms with Crippen molar-refractivity contribution in [2.75, 3.05) is 6.61 Å². The smallest absolute Gasteiger partial charge is 0.356 e. The van der Waals surface area contributed by atoms with Crippen LogP contribution in [-0.2, 0) is 14.3 Å². The first-order valence-electron chi connectivity index (χ1n) is 6.63. The molecule has 22 heavy (non-hydrogen) atoms. The highest BCUT2D eigenvalue weighted by Gasteiger charge is 2.31. The number of rotatable bonds is 4. The average molecular weight is 305 g/mol. The summed E-state index contributed by atoms with van der Waals surface area (Å²) in [7, 11) is 0. The second-order valence-corrected chi connectivity index (χ2v) is 4.64. The number of amides is 1. The molecule has 0 spiro atoms. The molecule has 1 heterocycles. The fraction of sp³-hybridized carbons (Fsp3) is 0.286. The molecule has 1 aliphatic rings. The van der Waals surface area contributed by atoms with E-state index >= 15 is 0 Å². The van der Waals surface area contributed by atoms with Crippen molar-refractivity contribution in [3.05, 3.63) is 51.3 Å². The highest BCUT2D eigenvalue weighted by molar-refractivity contribution is 5.95. The standard InChI is InChI=1S/C14H15N3O5/c1-3-22-14(19)11-8(2)15-13(18)12(16-11)9-5-4-6-10(7-9)17(20)21/h4-7,12,16H,3H2,1-2H3,(H,15,18). The van der Waals surface area contributed by atoms with Crippen LogP contribution in [0, 0.1) is 10.1 Å². The first kappa shape index (κ1) is 15.5. The monoisotopic (exact) mass is 305 g/mol. The molecule has 1 atom stereocenters. The molecule has 1 unspecified atom stereocenters. The molecule has 0 bridgehead atoms. The SMILES string of the molecule is CCOC(=O)C1=C(C)NC(=O)C(c2cccc([N+](=O)[O-])c2)N1. The lowest BCUT2D eigenvalue weighted by Crippen LogP contribution is -2.45. The number of hydrogen-bond donors (Lipinski definition) is 2. The van der Waals surface area contributed by atoms with Gasteiger partial charge in [0.2, 0.25) is 0 Å². The zero-order valence-corrected chi connectivity index (χ0v) is 12.1. The van der Waals surface area contributed by atoms with Gasteiger partial charge in [0.25, 0.3) is 11.6 Å². The van der Waals surface area contributed by atoms with E-state index in [4.69, 9.17) is 4.74 Å². The average Bonchev–Trinajstić information content (AvgIpc) is 2.47. The maximum absolute atomic E-state index is 12.1. The minimum absolute atomic E-state index is 0.129. The second kappa shape index (κ2) is 6.25. The molecular weight excluding hydrogens is 290 g/mol. The number of carbonyl (C=O) groups excluding carboxylic acids is 2. The Bertz CT molecular complexity index is 668. The molecule has 2 N–H and O–H groups in total. The number of nitrogens with one attached hydrogen (secondary N) is 2. The van der Waals surface area contributed by atoms with Crippen LogP contribution in [0.4, 0.5) is 5.69 Å². The van der Waals surface area contributed by atoms with Crippen molar-refractivity contribution in [3.8, 4) is 0 Å². The number of carbonyl (C=O) groups is 2. The van der Waals surface area contributed by atoms with Gasteiger partial charge in [-0.3, -0.25) is 14.9 Å². The van der Waals surface area contributed by atoms with E-state index < -0.39 is 22.8 Å². The van der Waals surface area contributed by atoms with Crippen LogP contribution >= 0.6 is 0 Å². The number of allylic oxidation sites excluding steroid dienone is 1. The summed E-state index contributed by atoms with van der Waals surface area (Å²) in [6.45, 7) is 3.45.